The summed E-state index contributed by atoms with van der Waals surface area (Å²) in [5.41, 5.74) is 8.44. The number of nitrogens with one attached hydrogen (secondary N) is 2. The first kappa shape index (κ1) is 19.0. The van der Waals surface area contributed by atoms with Gasteiger partial charge in [0.15, 0.2) is 21.5 Å². The van der Waals surface area contributed by atoms with Gasteiger partial charge in [-0.25, -0.2) is 13.4 Å². The van der Waals surface area contributed by atoms with Gasteiger partial charge in [0.2, 0.25) is 0 Å². The Balaban J connectivity index is 1.83. The maximum atomic E-state index is 11.7. The molecule has 0 aliphatic carbocycles. The molecule has 8 nitrogen and oxygen atoms in total. The Bertz CT molecular complexity index is 1230. The molecule has 1 aromatic heterocycles. The van der Waals surface area contributed by atoms with Crippen molar-refractivity contribution in [2.45, 2.75) is 11.4 Å². The van der Waals surface area contributed by atoms with Gasteiger partial charge in [-0.15, -0.1) is 0 Å². The lowest BCUT2D eigenvalue weighted by Gasteiger charge is -2.40. The van der Waals surface area contributed by atoms with Crippen molar-refractivity contribution in [3.8, 4) is 0 Å². The van der Waals surface area contributed by atoms with E-state index in [-0.39, 0.29) is 11.7 Å². The number of aromatic nitrogens is 2. The SMILES string of the molecule is CN(c1cccc(CS(C)(=O)=O)c1)C1(c2ccc3cn[nH]c3c2)C=CNC(N)=N1. The first-order valence-electron chi connectivity index (χ1n) is 9.00. The number of hydrogen-bond acceptors (Lipinski definition) is 7. The quantitative estimate of drug-likeness (QED) is 0.591. The zero-order chi connectivity index (χ0) is 20.6. The van der Waals surface area contributed by atoms with Crippen LogP contribution in [-0.4, -0.2) is 37.9 Å². The number of benzene rings is 2. The fraction of sp³-hybridized carbons (Fsp3) is 0.200. The van der Waals surface area contributed by atoms with E-state index in [0.29, 0.717) is 5.56 Å². The van der Waals surface area contributed by atoms with Gasteiger partial charge < -0.3 is 16.0 Å². The van der Waals surface area contributed by atoms with Gasteiger partial charge in [-0.1, -0.05) is 24.3 Å². The topological polar surface area (TPSA) is 116 Å². The van der Waals surface area contributed by atoms with Gasteiger partial charge >= 0.3 is 0 Å². The van der Waals surface area contributed by atoms with Gasteiger partial charge in [0, 0.05) is 36.1 Å². The van der Waals surface area contributed by atoms with Crippen molar-refractivity contribution in [3.63, 3.8) is 0 Å². The Kier molecular flexibility index (Phi) is 4.54. The van der Waals surface area contributed by atoms with E-state index in [0.717, 1.165) is 22.2 Å². The van der Waals surface area contributed by atoms with E-state index >= 15 is 0 Å². The van der Waals surface area contributed by atoms with Gasteiger partial charge in [-0.05, 0) is 29.8 Å². The van der Waals surface area contributed by atoms with Gasteiger partial charge in [0.1, 0.15) is 0 Å². The van der Waals surface area contributed by atoms with Crippen LogP contribution in [0, 0.1) is 0 Å². The highest BCUT2D eigenvalue weighted by atomic mass is 32.2. The van der Waals surface area contributed by atoms with Crippen molar-refractivity contribution in [3.05, 3.63) is 72.1 Å². The predicted octanol–water partition coefficient (Wildman–Crippen LogP) is 1.83. The van der Waals surface area contributed by atoms with Crippen LogP contribution in [0.15, 0.2) is 65.9 Å². The van der Waals surface area contributed by atoms with E-state index < -0.39 is 15.5 Å². The number of likely N-dealkylation sites (N-methyl/N-ethyl adjacent to an activating group) is 1. The monoisotopic (exact) mass is 410 g/mol. The molecular weight excluding hydrogens is 388 g/mol. The normalized spacial score (nSPS) is 19.0. The number of aromatic amines is 1. The molecule has 0 radical (unpaired) electrons. The number of sulfone groups is 1. The van der Waals surface area contributed by atoms with Gasteiger partial charge in [-0.3, -0.25) is 5.10 Å². The zero-order valence-electron chi connectivity index (χ0n) is 16.1. The number of aliphatic imine (C=N–C) groups is 1. The van der Waals surface area contributed by atoms with Crippen LogP contribution in [0.1, 0.15) is 11.1 Å². The average Bonchev–Trinajstić information content (AvgIpc) is 3.14. The lowest BCUT2D eigenvalue weighted by molar-refractivity contribution is 0.540. The minimum atomic E-state index is -3.14. The van der Waals surface area contributed by atoms with Crippen molar-refractivity contribution < 1.29 is 8.42 Å². The molecule has 4 N–H and O–H groups in total. The maximum Gasteiger partial charge on any atom is 0.195 e. The lowest BCUT2D eigenvalue weighted by atomic mass is 9.95. The number of anilines is 1. The third kappa shape index (κ3) is 3.68. The van der Waals surface area contributed by atoms with E-state index in [1.54, 1.807) is 18.5 Å². The number of fused-ring (bicyclic) bond motifs is 1. The summed E-state index contributed by atoms with van der Waals surface area (Å²) in [4.78, 5) is 6.70. The Hall–Kier alpha value is -3.33. The minimum Gasteiger partial charge on any atom is -0.370 e. The molecule has 1 aliphatic heterocycles. The molecule has 1 atom stereocenters. The third-order valence-corrected chi connectivity index (χ3v) is 5.80. The van der Waals surface area contributed by atoms with Gasteiger partial charge in [0.25, 0.3) is 0 Å². The number of nitrogens with two attached hydrogens (primary N) is 1. The van der Waals surface area contributed by atoms with Crippen LogP contribution in [0.4, 0.5) is 5.69 Å². The number of H-pyrrole nitrogens is 1. The van der Waals surface area contributed by atoms with E-state index in [1.807, 2.05) is 54.4 Å². The second-order valence-corrected chi connectivity index (χ2v) is 9.31. The molecule has 0 amide bonds. The van der Waals surface area contributed by atoms with Crippen molar-refractivity contribution >= 4 is 32.4 Å². The second-order valence-electron chi connectivity index (χ2n) is 7.17. The molecule has 0 fully saturated rings. The highest BCUT2D eigenvalue weighted by Crippen LogP contribution is 2.37. The van der Waals surface area contributed by atoms with Gasteiger partial charge in [0.05, 0.1) is 17.5 Å². The Labute approximate surface area is 169 Å². The minimum absolute atomic E-state index is 0.0232. The summed E-state index contributed by atoms with van der Waals surface area (Å²) in [5, 5.41) is 11.0. The first-order chi connectivity index (χ1) is 13.8. The lowest BCUT2D eigenvalue weighted by Crippen LogP contribution is -2.47. The summed E-state index contributed by atoms with van der Waals surface area (Å²) in [6.07, 6.45) is 6.67. The molecule has 2 heterocycles. The van der Waals surface area contributed by atoms with E-state index in [4.69, 9.17) is 10.7 Å². The molecule has 150 valence electrons. The van der Waals surface area contributed by atoms with Crippen molar-refractivity contribution in [2.75, 3.05) is 18.2 Å². The number of guanidine groups is 1. The molecule has 1 unspecified atom stereocenters. The fourth-order valence-corrected chi connectivity index (χ4v) is 4.34. The Morgan fingerprint density at radius 3 is 2.79 bits per heavy atom. The molecule has 1 aliphatic rings. The van der Waals surface area contributed by atoms with Crippen molar-refractivity contribution in [1.29, 1.82) is 0 Å². The molecule has 4 rings (SSSR count). The number of rotatable bonds is 5. The summed E-state index contributed by atoms with van der Waals surface area (Å²) >= 11 is 0. The van der Waals surface area contributed by atoms with Crippen LogP contribution in [0.3, 0.4) is 0 Å². The standard InChI is InChI=1S/C20H22N6O2S/c1-26(17-5-3-4-14(10-17)13-29(2,27)28)20(8-9-22-19(21)24-20)16-7-6-15-12-23-25-18(15)11-16/h3-12H,13H2,1-2H3,(H,23,25)(H3,21,22,24). The summed E-state index contributed by atoms with van der Waals surface area (Å²) < 4.78 is 23.5. The Morgan fingerprint density at radius 1 is 1.21 bits per heavy atom. The zero-order valence-corrected chi connectivity index (χ0v) is 16.9. The second kappa shape index (κ2) is 6.93. The van der Waals surface area contributed by atoms with Crippen LogP contribution in [0.2, 0.25) is 0 Å². The predicted molar refractivity (Wildman–Crippen MR) is 115 cm³/mol. The summed E-state index contributed by atoms with van der Waals surface area (Å²) in [5.74, 6) is 0.265. The molecule has 2 aromatic carbocycles. The molecule has 0 saturated heterocycles. The summed E-state index contributed by atoms with van der Waals surface area (Å²) in [6.45, 7) is 0. The van der Waals surface area contributed by atoms with Crippen molar-refractivity contribution in [2.24, 2.45) is 10.7 Å². The van der Waals surface area contributed by atoms with Crippen LogP contribution >= 0.6 is 0 Å². The Morgan fingerprint density at radius 2 is 2.03 bits per heavy atom. The van der Waals surface area contributed by atoms with E-state index in [1.165, 1.54) is 6.26 Å². The molecule has 0 saturated carbocycles. The molecule has 29 heavy (non-hydrogen) atoms. The van der Waals surface area contributed by atoms with Crippen LogP contribution in [-0.2, 0) is 21.3 Å². The molecule has 9 heteroatoms. The van der Waals surface area contributed by atoms with E-state index in [9.17, 15) is 8.42 Å². The summed E-state index contributed by atoms with van der Waals surface area (Å²) in [6, 6.07) is 13.4. The highest BCUT2D eigenvalue weighted by Gasteiger charge is 2.36. The first-order valence-corrected chi connectivity index (χ1v) is 11.1. The molecule has 3 aromatic rings. The molecule has 0 bridgehead atoms. The highest BCUT2D eigenvalue weighted by molar-refractivity contribution is 7.89. The van der Waals surface area contributed by atoms with Gasteiger partial charge in [-0.2, -0.15) is 5.10 Å². The number of nitrogens with zero attached hydrogens (tertiary/aromatic N) is 3. The van der Waals surface area contributed by atoms with Crippen molar-refractivity contribution in [1.82, 2.24) is 15.5 Å². The smallest absolute Gasteiger partial charge is 0.195 e. The summed E-state index contributed by atoms with van der Waals surface area (Å²) in [7, 11) is -1.23. The van der Waals surface area contributed by atoms with Crippen LogP contribution in [0.5, 0.6) is 0 Å². The average molecular weight is 411 g/mol. The third-order valence-electron chi connectivity index (χ3n) is 4.94. The fourth-order valence-electron chi connectivity index (χ4n) is 3.56. The number of hydrogen-bond donors (Lipinski definition) is 3. The van der Waals surface area contributed by atoms with Crippen LogP contribution < -0.4 is 16.0 Å². The molecular formula is C20H22N6O2S. The molecule has 0 spiro atoms. The van der Waals surface area contributed by atoms with Crippen LogP contribution in [0.25, 0.3) is 10.9 Å². The maximum absolute atomic E-state index is 11.7. The largest absolute Gasteiger partial charge is 0.370 e. The van der Waals surface area contributed by atoms with E-state index in [2.05, 4.69) is 15.5 Å².